The average molecular weight is 175 g/mol. The molecule has 0 aliphatic carbocycles. The fourth-order valence-electron chi connectivity index (χ4n) is 1.12. The topological polar surface area (TPSA) is 61.8 Å². The number of nitrogens with one attached hydrogen (secondary N) is 1. The zero-order valence-corrected chi connectivity index (χ0v) is 6.88. The number of hydrogen-bond donors (Lipinski definition) is 2. The van der Waals surface area contributed by atoms with Gasteiger partial charge in [-0.3, -0.25) is 4.98 Å². The van der Waals surface area contributed by atoms with Gasteiger partial charge in [-0.25, -0.2) is 4.98 Å². The highest BCUT2D eigenvalue weighted by Crippen LogP contribution is 2.16. The van der Waals surface area contributed by atoms with Gasteiger partial charge < -0.3 is 10.1 Å². The molecule has 4 nitrogen and oxygen atoms in total. The van der Waals surface area contributed by atoms with Crippen molar-refractivity contribution in [3.05, 3.63) is 48.3 Å². The van der Waals surface area contributed by atoms with E-state index in [0.717, 1.165) is 5.56 Å². The van der Waals surface area contributed by atoms with Crippen molar-refractivity contribution < 1.29 is 5.11 Å². The molecule has 2 heterocycles. The van der Waals surface area contributed by atoms with Crippen molar-refractivity contribution in [1.82, 2.24) is 15.0 Å². The summed E-state index contributed by atoms with van der Waals surface area (Å²) in [5, 5.41) is 9.75. The van der Waals surface area contributed by atoms with E-state index < -0.39 is 6.10 Å². The van der Waals surface area contributed by atoms with Crippen LogP contribution in [0.2, 0.25) is 0 Å². The molecule has 2 N–H and O–H groups in total. The molecular weight excluding hydrogens is 166 g/mol. The average Bonchev–Trinajstić information content (AvgIpc) is 2.71. The van der Waals surface area contributed by atoms with Gasteiger partial charge in [0.2, 0.25) is 0 Å². The van der Waals surface area contributed by atoms with Crippen molar-refractivity contribution >= 4 is 0 Å². The first kappa shape index (κ1) is 7.94. The number of rotatable bonds is 2. The highest BCUT2D eigenvalue weighted by molar-refractivity contribution is 5.18. The van der Waals surface area contributed by atoms with Gasteiger partial charge in [-0.05, 0) is 6.07 Å². The molecule has 0 radical (unpaired) electrons. The summed E-state index contributed by atoms with van der Waals surface area (Å²) < 4.78 is 0. The summed E-state index contributed by atoms with van der Waals surface area (Å²) in [7, 11) is 0. The van der Waals surface area contributed by atoms with Crippen LogP contribution in [0.1, 0.15) is 17.5 Å². The van der Waals surface area contributed by atoms with Crippen LogP contribution in [0.3, 0.4) is 0 Å². The van der Waals surface area contributed by atoms with Crippen molar-refractivity contribution in [1.29, 1.82) is 0 Å². The first-order chi connectivity index (χ1) is 6.38. The van der Waals surface area contributed by atoms with Crippen molar-refractivity contribution in [3.63, 3.8) is 0 Å². The zero-order chi connectivity index (χ0) is 9.10. The normalized spacial score (nSPS) is 12.7. The Labute approximate surface area is 75.3 Å². The molecule has 0 unspecified atom stereocenters. The lowest BCUT2D eigenvalue weighted by Gasteiger charge is -2.06. The maximum Gasteiger partial charge on any atom is 0.139 e. The van der Waals surface area contributed by atoms with Gasteiger partial charge in [0.05, 0.1) is 0 Å². The van der Waals surface area contributed by atoms with Crippen LogP contribution < -0.4 is 0 Å². The molecule has 0 aromatic carbocycles. The number of aliphatic hydroxyl groups is 1. The predicted octanol–water partition coefficient (Wildman–Crippen LogP) is 0.886. The largest absolute Gasteiger partial charge is 0.380 e. The van der Waals surface area contributed by atoms with Crippen LogP contribution in [0.15, 0.2) is 36.9 Å². The Morgan fingerprint density at radius 3 is 2.92 bits per heavy atom. The Morgan fingerprint density at radius 2 is 2.31 bits per heavy atom. The molecule has 66 valence electrons. The van der Waals surface area contributed by atoms with Crippen LogP contribution in [0.5, 0.6) is 0 Å². The van der Waals surface area contributed by atoms with Gasteiger partial charge >= 0.3 is 0 Å². The van der Waals surface area contributed by atoms with E-state index in [9.17, 15) is 5.11 Å². The minimum absolute atomic E-state index is 0.535. The quantitative estimate of drug-likeness (QED) is 0.712. The molecule has 0 aliphatic heterocycles. The zero-order valence-electron chi connectivity index (χ0n) is 6.88. The number of aliphatic hydroxyl groups excluding tert-OH is 1. The third-order valence-corrected chi connectivity index (χ3v) is 1.78. The maximum absolute atomic E-state index is 9.75. The molecule has 0 bridgehead atoms. The lowest BCUT2D eigenvalue weighted by molar-refractivity contribution is 0.210. The van der Waals surface area contributed by atoms with Gasteiger partial charge in [0, 0.05) is 30.4 Å². The first-order valence-electron chi connectivity index (χ1n) is 3.95. The smallest absolute Gasteiger partial charge is 0.139 e. The minimum atomic E-state index is -0.719. The Kier molecular flexibility index (Phi) is 2.06. The van der Waals surface area contributed by atoms with Crippen LogP contribution >= 0.6 is 0 Å². The molecule has 0 spiro atoms. The maximum atomic E-state index is 9.75. The first-order valence-corrected chi connectivity index (χ1v) is 3.95. The van der Waals surface area contributed by atoms with E-state index in [1.807, 2.05) is 0 Å². The van der Waals surface area contributed by atoms with E-state index in [-0.39, 0.29) is 0 Å². The summed E-state index contributed by atoms with van der Waals surface area (Å²) in [6.45, 7) is 0. The van der Waals surface area contributed by atoms with Crippen LogP contribution in [0.25, 0.3) is 0 Å². The van der Waals surface area contributed by atoms with E-state index in [1.165, 1.54) is 0 Å². The highest BCUT2D eigenvalue weighted by Gasteiger charge is 2.11. The second kappa shape index (κ2) is 3.37. The standard InChI is InChI=1S/C9H9N3O/c13-8(9-11-4-5-12-9)7-2-1-3-10-6-7/h1-6,8,13H,(H,11,12)/t8-/m1/s1. The Balaban J connectivity index is 2.29. The number of H-pyrrole nitrogens is 1. The van der Waals surface area contributed by atoms with E-state index in [0.29, 0.717) is 5.82 Å². The number of aromatic amines is 1. The van der Waals surface area contributed by atoms with Crippen LogP contribution in [0, 0.1) is 0 Å². The molecule has 2 aromatic rings. The van der Waals surface area contributed by atoms with E-state index in [4.69, 9.17) is 0 Å². The molecule has 0 saturated carbocycles. The molecule has 13 heavy (non-hydrogen) atoms. The lowest BCUT2D eigenvalue weighted by Crippen LogP contribution is -2.01. The number of hydrogen-bond acceptors (Lipinski definition) is 3. The summed E-state index contributed by atoms with van der Waals surface area (Å²) in [5.74, 6) is 0.535. The molecule has 1 atom stereocenters. The SMILES string of the molecule is O[C@H](c1cccnc1)c1ncc[nH]1. The number of imidazole rings is 1. The van der Waals surface area contributed by atoms with Crippen molar-refractivity contribution in [3.8, 4) is 0 Å². The van der Waals surface area contributed by atoms with E-state index in [2.05, 4.69) is 15.0 Å². The van der Waals surface area contributed by atoms with E-state index in [1.54, 1.807) is 36.9 Å². The summed E-state index contributed by atoms with van der Waals surface area (Å²) in [6, 6.07) is 3.58. The second-order valence-corrected chi connectivity index (χ2v) is 2.66. The summed E-state index contributed by atoms with van der Waals surface area (Å²) in [6.07, 6.45) is 5.85. The van der Waals surface area contributed by atoms with E-state index >= 15 is 0 Å². The summed E-state index contributed by atoms with van der Waals surface area (Å²) in [5.41, 5.74) is 0.734. The van der Waals surface area contributed by atoms with Gasteiger partial charge in [0.15, 0.2) is 0 Å². The molecule has 0 fully saturated rings. The summed E-state index contributed by atoms with van der Waals surface area (Å²) >= 11 is 0. The molecule has 2 aromatic heterocycles. The fourth-order valence-corrected chi connectivity index (χ4v) is 1.12. The van der Waals surface area contributed by atoms with Crippen molar-refractivity contribution in [2.24, 2.45) is 0 Å². The number of nitrogens with zero attached hydrogens (tertiary/aromatic N) is 2. The van der Waals surface area contributed by atoms with Crippen LogP contribution in [0.4, 0.5) is 0 Å². The van der Waals surface area contributed by atoms with Gasteiger partial charge in [-0.2, -0.15) is 0 Å². The van der Waals surface area contributed by atoms with Gasteiger partial charge in [0.1, 0.15) is 11.9 Å². The molecule has 2 rings (SSSR count). The third kappa shape index (κ3) is 1.57. The Bertz CT molecular complexity index is 358. The fraction of sp³-hybridized carbons (Fsp3) is 0.111. The van der Waals surface area contributed by atoms with Gasteiger partial charge in [-0.1, -0.05) is 6.07 Å². The Morgan fingerprint density at radius 1 is 1.38 bits per heavy atom. The minimum Gasteiger partial charge on any atom is -0.380 e. The van der Waals surface area contributed by atoms with Crippen LogP contribution in [-0.4, -0.2) is 20.1 Å². The van der Waals surface area contributed by atoms with Crippen LogP contribution in [-0.2, 0) is 0 Å². The summed E-state index contributed by atoms with van der Waals surface area (Å²) in [4.78, 5) is 10.7. The molecule has 0 amide bonds. The van der Waals surface area contributed by atoms with Gasteiger partial charge in [0.25, 0.3) is 0 Å². The monoisotopic (exact) mass is 175 g/mol. The van der Waals surface area contributed by atoms with Gasteiger partial charge in [-0.15, -0.1) is 0 Å². The Hall–Kier alpha value is -1.68. The molecule has 4 heteroatoms. The lowest BCUT2D eigenvalue weighted by atomic mass is 10.1. The molecular formula is C9H9N3O. The van der Waals surface area contributed by atoms with Crippen molar-refractivity contribution in [2.75, 3.05) is 0 Å². The third-order valence-electron chi connectivity index (χ3n) is 1.78. The number of aromatic nitrogens is 3. The molecule has 0 aliphatic rings. The number of pyridine rings is 1. The van der Waals surface area contributed by atoms with Crippen molar-refractivity contribution in [2.45, 2.75) is 6.10 Å². The highest BCUT2D eigenvalue weighted by atomic mass is 16.3. The molecule has 0 saturated heterocycles. The second-order valence-electron chi connectivity index (χ2n) is 2.66. The predicted molar refractivity (Wildman–Crippen MR) is 46.9 cm³/mol.